The minimum absolute atomic E-state index is 0.168. The summed E-state index contributed by atoms with van der Waals surface area (Å²) in [7, 11) is 1.26. The van der Waals surface area contributed by atoms with Crippen molar-refractivity contribution >= 4 is 61.7 Å². The van der Waals surface area contributed by atoms with Crippen LogP contribution in [0.3, 0.4) is 0 Å². The molecule has 1 atom stereocenters. The number of fused-ring (bicyclic) bond motifs is 1. The minimum Gasteiger partial charge on any atom is -0.507 e. The molecule has 0 aliphatic carbocycles. The van der Waals surface area contributed by atoms with Gasteiger partial charge in [-0.15, -0.1) is 0 Å². The predicted molar refractivity (Wildman–Crippen MR) is 134 cm³/mol. The number of nitrogens with zero attached hydrogens (tertiary/aromatic N) is 2. The number of esters is 1. The molecule has 1 aliphatic rings. The van der Waals surface area contributed by atoms with Gasteiger partial charge in [0.2, 0.25) is 0 Å². The van der Waals surface area contributed by atoms with E-state index < -0.39 is 35.3 Å². The average molecular weight is 523 g/mol. The summed E-state index contributed by atoms with van der Waals surface area (Å²) in [5, 5.41) is 11.8. The maximum atomic E-state index is 13.5. The molecule has 1 aliphatic heterocycles. The number of halogens is 2. The van der Waals surface area contributed by atoms with Crippen molar-refractivity contribution in [2.24, 2.45) is 0 Å². The second-order valence-electron chi connectivity index (χ2n) is 7.90. The summed E-state index contributed by atoms with van der Waals surface area (Å²) in [6.07, 6.45) is 0. The first-order valence-electron chi connectivity index (χ1n) is 10.6. The van der Waals surface area contributed by atoms with Crippen molar-refractivity contribution in [3.8, 4) is 0 Å². The number of aromatic nitrogens is 1. The average Bonchev–Trinajstić information content (AvgIpc) is 3.41. The molecule has 0 bridgehead atoms. The molecule has 0 saturated carbocycles. The molecule has 3 aromatic carbocycles. The molecular formula is C26H16ClFN2O5S. The number of amides is 1. The number of aliphatic hydroxyl groups excluding tert-OH is 1. The lowest BCUT2D eigenvalue weighted by Crippen LogP contribution is -2.29. The fourth-order valence-corrected chi connectivity index (χ4v) is 5.29. The van der Waals surface area contributed by atoms with Crippen LogP contribution in [0.1, 0.15) is 27.5 Å². The van der Waals surface area contributed by atoms with Crippen molar-refractivity contribution in [2.75, 3.05) is 12.0 Å². The Kier molecular flexibility index (Phi) is 6.03. The van der Waals surface area contributed by atoms with Gasteiger partial charge in [-0.05, 0) is 60.2 Å². The fourth-order valence-electron chi connectivity index (χ4n) is 4.02. The third-order valence-electron chi connectivity index (χ3n) is 5.75. The molecule has 1 unspecified atom stereocenters. The number of carbonyl (C=O) groups excluding carboxylic acids is 3. The van der Waals surface area contributed by atoms with Crippen LogP contribution < -0.4 is 4.90 Å². The first-order chi connectivity index (χ1) is 17.3. The van der Waals surface area contributed by atoms with Crippen molar-refractivity contribution in [3.05, 3.63) is 99.8 Å². The first kappa shape index (κ1) is 23.7. The number of thiazole rings is 1. The normalized spacial score (nSPS) is 17.1. The molecule has 36 heavy (non-hydrogen) atoms. The maximum Gasteiger partial charge on any atom is 0.337 e. The van der Waals surface area contributed by atoms with Gasteiger partial charge in [0.25, 0.3) is 5.78 Å². The van der Waals surface area contributed by atoms with E-state index in [1.807, 2.05) is 0 Å². The molecule has 10 heteroatoms. The molecule has 0 radical (unpaired) electrons. The summed E-state index contributed by atoms with van der Waals surface area (Å²) in [4.78, 5) is 44.2. The number of carbonyl (C=O) groups is 3. The maximum absolute atomic E-state index is 13.5. The van der Waals surface area contributed by atoms with Gasteiger partial charge < -0.3 is 9.84 Å². The zero-order valence-corrected chi connectivity index (χ0v) is 20.1. The van der Waals surface area contributed by atoms with Crippen LogP contribution in [0, 0.1) is 5.82 Å². The summed E-state index contributed by atoms with van der Waals surface area (Å²) in [6, 6.07) is 15.1. The van der Waals surface area contributed by atoms with E-state index in [1.165, 1.54) is 47.6 Å². The lowest BCUT2D eigenvalue weighted by molar-refractivity contribution is -0.132. The molecule has 2 heterocycles. The monoisotopic (exact) mass is 522 g/mol. The van der Waals surface area contributed by atoms with Gasteiger partial charge in [-0.3, -0.25) is 14.5 Å². The van der Waals surface area contributed by atoms with Gasteiger partial charge in [0.05, 0.1) is 34.5 Å². The molecule has 7 nitrogen and oxygen atoms in total. The van der Waals surface area contributed by atoms with Crippen LogP contribution in [0.15, 0.2) is 72.3 Å². The Bertz CT molecular complexity index is 1560. The van der Waals surface area contributed by atoms with Gasteiger partial charge in [0.1, 0.15) is 11.6 Å². The third kappa shape index (κ3) is 4.02. The lowest BCUT2D eigenvalue weighted by Gasteiger charge is -2.23. The first-order valence-corrected chi connectivity index (χ1v) is 11.8. The van der Waals surface area contributed by atoms with Crippen molar-refractivity contribution in [2.45, 2.75) is 6.04 Å². The molecule has 1 saturated heterocycles. The van der Waals surface area contributed by atoms with E-state index in [1.54, 1.807) is 30.3 Å². The van der Waals surface area contributed by atoms with E-state index in [0.29, 0.717) is 20.8 Å². The van der Waals surface area contributed by atoms with E-state index >= 15 is 0 Å². The van der Waals surface area contributed by atoms with Gasteiger partial charge in [-0.25, -0.2) is 14.2 Å². The van der Waals surface area contributed by atoms with Gasteiger partial charge in [0.15, 0.2) is 5.13 Å². The van der Waals surface area contributed by atoms with Crippen LogP contribution >= 0.6 is 22.9 Å². The molecular weight excluding hydrogens is 507 g/mol. The van der Waals surface area contributed by atoms with Crippen molar-refractivity contribution in [3.63, 3.8) is 0 Å². The Balaban J connectivity index is 1.70. The minimum atomic E-state index is -1.06. The van der Waals surface area contributed by atoms with Crippen LogP contribution in [-0.2, 0) is 14.3 Å². The zero-order valence-electron chi connectivity index (χ0n) is 18.6. The van der Waals surface area contributed by atoms with Crippen LogP contribution in [0.4, 0.5) is 9.52 Å². The highest BCUT2D eigenvalue weighted by Crippen LogP contribution is 2.44. The summed E-state index contributed by atoms with van der Waals surface area (Å²) in [5.74, 6) is -3.33. The second-order valence-corrected chi connectivity index (χ2v) is 9.34. The number of anilines is 1. The van der Waals surface area contributed by atoms with Crippen LogP contribution in [0.5, 0.6) is 0 Å². The van der Waals surface area contributed by atoms with Crippen LogP contribution in [-0.4, -0.2) is 34.9 Å². The Morgan fingerprint density at radius 2 is 1.72 bits per heavy atom. The molecule has 5 rings (SSSR count). The van der Waals surface area contributed by atoms with Gasteiger partial charge in [-0.2, -0.15) is 0 Å². The van der Waals surface area contributed by atoms with Crippen molar-refractivity contribution in [1.82, 2.24) is 4.98 Å². The van der Waals surface area contributed by atoms with Gasteiger partial charge in [0, 0.05) is 10.6 Å². The van der Waals surface area contributed by atoms with Crippen LogP contribution in [0.2, 0.25) is 5.02 Å². The number of hydrogen-bond donors (Lipinski definition) is 1. The molecule has 1 aromatic heterocycles. The molecule has 180 valence electrons. The summed E-state index contributed by atoms with van der Waals surface area (Å²) in [6.45, 7) is 0. The lowest BCUT2D eigenvalue weighted by atomic mass is 9.95. The summed E-state index contributed by atoms with van der Waals surface area (Å²) >= 11 is 7.26. The predicted octanol–water partition coefficient (Wildman–Crippen LogP) is 5.50. The highest BCUT2D eigenvalue weighted by atomic mass is 35.5. The van der Waals surface area contributed by atoms with Crippen molar-refractivity contribution < 1.29 is 28.6 Å². The zero-order chi connectivity index (χ0) is 25.6. The van der Waals surface area contributed by atoms with E-state index in [-0.39, 0.29) is 21.8 Å². The van der Waals surface area contributed by atoms with E-state index in [4.69, 9.17) is 16.3 Å². The number of Topliss-reactive ketones (excluding diaryl/α,β-unsaturated/α-hetero) is 1. The number of ketones is 1. The van der Waals surface area contributed by atoms with Gasteiger partial charge >= 0.3 is 11.9 Å². The Morgan fingerprint density at radius 1 is 1.06 bits per heavy atom. The number of aliphatic hydroxyl groups is 1. The Hall–Kier alpha value is -4.08. The quantitative estimate of drug-likeness (QED) is 0.164. The second kappa shape index (κ2) is 9.18. The van der Waals surface area contributed by atoms with Crippen LogP contribution in [0.25, 0.3) is 16.0 Å². The topological polar surface area (TPSA) is 96.8 Å². The standard InChI is InChI=1S/C26H16ClFN2O5S/c1-35-25(34)15-4-2-13(3-5-15)21-20(22(31)14-6-9-17(28)10-7-14)23(32)24(33)30(21)26-29-18-11-8-16(27)12-19(18)36-26/h2-12,21,31H,1H3. The molecule has 1 N–H and O–H groups in total. The number of methoxy groups -OCH3 is 1. The van der Waals surface area contributed by atoms with Crippen molar-refractivity contribution in [1.29, 1.82) is 0 Å². The Morgan fingerprint density at radius 3 is 2.39 bits per heavy atom. The number of ether oxygens (including phenoxy) is 1. The largest absolute Gasteiger partial charge is 0.507 e. The summed E-state index contributed by atoms with van der Waals surface area (Å²) < 4.78 is 18.9. The number of benzene rings is 3. The number of rotatable bonds is 4. The van der Waals surface area contributed by atoms with E-state index in [2.05, 4.69) is 4.98 Å². The van der Waals surface area contributed by atoms with E-state index in [9.17, 15) is 23.9 Å². The molecule has 1 fully saturated rings. The number of hydrogen-bond acceptors (Lipinski definition) is 7. The smallest absolute Gasteiger partial charge is 0.337 e. The third-order valence-corrected chi connectivity index (χ3v) is 7.01. The SMILES string of the molecule is COC(=O)c1ccc(C2C(=C(O)c3ccc(F)cc3)C(=O)C(=O)N2c2nc3ccc(Cl)cc3s2)cc1. The highest BCUT2D eigenvalue weighted by molar-refractivity contribution is 7.22. The van der Waals surface area contributed by atoms with E-state index in [0.717, 1.165) is 12.1 Å². The Labute approximate surface area is 213 Å². The summed E-state index contributed by atoms with van der Waals surface area (Å²) in [5.41, 5.74) is 1.28. The fraction of sp³-hybridized carbons (Fsp3) is 0.0769. The molecule has 0 spiro atoms. The molecule has 4 aromatic rings. The molecule has 1 amide bonds. The van der Waals surface area contributed by atoms with Gasteiger partial charge in [-0.1, -0.05) is 35.1 Å². The highest BCUT2D eigenvalue weighted by Gasteiger charge is 2.48.